The summed E-state index contributed by atoms with van der Waals surface area (Å²) in [4.78, 5) is 3.30. The smallest absolute Gasteiger partial charge is 0.252 e. The van der Waals surface area contributed by atoms with Crippen molar-refractivity contribution >= 4 is 0 Å². The second kappa shape index (κ2) is 4.64. The standard InChI is InChI=1S/C9H8F3N.C2H6/c10-9(11,12)8-5-7(3-4-13-8)6-1-2-6;1-2/h3-6H,1-2H2;1-2H3. The van der Waals surface area contributed by atoms with E-state index in [4.69, 9.17) is 0 Å². The number of hydrogen-bond acceptors (Lipinski definition) is 1. The van der Waals surface area contributed by atoms with Gasteiger partial charge in [0.15, 0.2) is 0 Å². The first-order valence-corrected chi connectivity index (χ1v) is 5.10. The largest absolute Gasteiger partial charge is 0.433 e. The topological polar surface area (TPSA) is 12.9 Å². The summed E-state index contributed by atoms with van der Waals surface area (Å²) in [5.41, 5.74) is -0.0146. The number of aromatic nitrogens is 1. The molecule has 0 bridgehead atoms. The van der Waals surface area contributed by atoms with Gasteiger partial charge in [-0.3, -0.25) is 4.98 Å². The van der Waals surface area contributed by atoms with E-state index in [9.17, 15) is 13.2 Å². The third-order valence-electron chi connectivity index (χ3n) is 2.12. The van der Waals surface area contributed by atoms with E-state index in [0.717, 1.165) is 24.5 Å². The second-order valence-corrected chi connectivity index (χ2v) is 3.25. The highest BCUT2D eigenvalue weighted by Gasteiger charge is 2.34. The van der Waals surface area contributed by atoms with Crippen LogP contribution in [0.25, 0.3) is 0 Å². The third kappa shape index (κ3) is 3.22. The van der Waals surface area contributed by atoms with Crippen LogP contribution in [0.2, 0.25) is 0 Å². The van der Waals surface area contributed by atoms with Gasteiger partial charge >= 0.3 is 6.18 Å². The number of hydrogen-bond donors (Lipinski definition) is 0. The molecule has 0 aromatic carbocycles. The SMILES string of the molecule is CC.FC(F)(F)c1cc(C2CC2)ccn1. The molecule has 1 saturated carbocycles. The van der Waals surface area contributed by atoms with Crippen LogP contribution in [0.1, 0.15) is 43.9 Å². The summed E-state index contributed by atoms with van der Waals surface area (Å²) in [7, 11) is 0. The first-order chi connectivity index (χ1) is 7.07. The summed E-state index contributed by atoms with van der Waals surface area (Å²) in [5.74, 6) is 0.337. The van der Waals surface area contributed by atoms with Crippen molar-refractivity contribution in [1.29, 1.82) is 0 Å². The molecule has 1 aliphatic rings. The molecule has 0 unspecified atom stereocenters. The molecule has 0 spiro atoms. The Morgan fingerprint density at radius 3 is 2.33 bits per heavy atom. The highest BCUT2D eigenvalue weighted by molar-refractivity contribution is 5.25. The lowest BCUT2D eigenvalue weighted by molar-refractivity contribution is -0.141. The summed E-state index contributed by atoms with van der Waals surface area (Å²) in [6.45, 7) is 4.00. The molecule has 0 aliphatic heterocycles. The predicted octanol–water partition coefficient (Wildman–Crippen LogP) is 4.00. The van der Waals surface area contributed by atoms with E-state index in [0.29, 0.717) is 5.92 Å². The Morgan fingerprint density at radius 1 is 1.27 bits per heavy atom. The molecule has 15 heavy (non-hydrogen) atoms. The van der Waals surface area contributed by atoms with Crippen LogP contribution in [0, 0.1) is 0 Å². The molecule has 4 heteroatoms. The zero-order valence-electron chi connectivity index (χ0n) is 8.80. The molecule has 84 valence electrons. The quantitative estimate of drug-likeness (QED) is 0.692. The first-order valence-electron chi connectivity index (χ1n) is 5.10. The lowest BCUT2D eigenvalue weighted by atomic mass is 10.1. The Kier molecular flexibility index (Phi) is 3.72. The van der Waals surface area contributed by atoms with Crippen molar-refractivity contribution in [2.45, 2.75) is 38.8 Å². The van der Waals surface area contributed by atoms with Crippen molar-refractivity contribution in [3.8, 4) is 0 Å². The Balaban J connectivity index is 0.000000531. The average molecular weight is 217 g/mol. The number of nitrogens with zero attached hydrogens (tertiary/aromatic N) is 1. The lowest BCUT2D eigenvalue weighted by Gasteiger charge is -2.06. The van der Waals surface area contributed by atoms with E-state index < -0.39 is 11.9 Å². The Labute approximate surface area is 87.3 Å². The minimum Gasteiger partial charge on any atom is -0.252 e. The van der Waals surface area contributed by atoms with Crippen LogP contribution in [-0.4, -0.2) is 4.98 Å². The second-order valence-electron chi connectivity index (χ2n) is 3.25. The Morgan fingerprint density at radius 2 is 1.87 bits per heavy atom. The number of alkyl halides is 3. The molecule has 1 aromatic heterocycles. The highest BCUT2D eigenvalue weighted by Crippen LogP contribution is 2.41. The molecule has 1 nitrogen and oxygen atoms in total. The third-order valence-corrected chi connectivity index (χ3v) is 2.12. The number of pyridine rings is 1. The molecule has 0 atom stereocenters. The maximum Gasteiger partial charge on any atom is 0.433 e. The van der Waals surface area contributed by atoms with Gasteiger partial charge in [-0.1, -0.05) is 13.8 Å². The summed E-state index contributed by atoms with van der Waals surface area (Å²) in [6, 6.07) is 2.81. The zero-order valence-corrected chi connectivity index (χ0v) is 8.80. The van der Waals surface area contributed by atoms with Crippen LogP contribution < -0.4 is 0 Å². The predicted molar refractivity (Wildman–Crippen MR) is 52.6 cm³/mol. The highest BCUT2D eigenvalue weighted by atomic mass is 19.4. The number of halogens is 3. The van der Waals surface area contributed by atoms with Crippen molar-refractivity contribution in [2.24, 2.45) is 0 Å². The van der Waals surface area contributed by atoms with Gasteiger partial charge in [0, 0.05) is 6.20 Å². The molecule has 1 fully saturated rings. The van der Waals surface area contributed by atoms with Crippen molar-refractivity contribution < 1.29 is 13.2 Å². The van der Waals surface area contributed by atoms with E-state index >= 15 is 0 Å². The van der Waals surface area contributed by atoms with Crippen LogP contribution in [0.3, 0.4) is 0 Å². The molecule has 1 aliphatic carbocycles. The summed E-state index contributed by atoms with van der Waals surface area (Å²) >= 11 is 0. The summed E-state index contributed by atoms with van der Waals surface area (Å²) < 4.78 is 36.6. The molecule has 0 amide bonds. The van der Waals surface area contributed by atoms with Gasteiger partial charge in [0.05, 0.1) is 0 Å². The minimum atomic E-state index is -4.31. The van der Waals surface area contributed by atoms with Crippen molar-refractivity contribution in [3.05, 3.63) is 29.6 Å². The molecular weight excluding hydrogens is 203 g/mol. The van der Waals surface area contributed by atoms with Crippen LogP contribution >= 0.6 is 0 Å². The fourth-order valence-electron chi connectivity index (χ4n) is 1.27. The van der Waals surface area contributed by atoms with Crippen LogP contribution in [0.4, 0.5) is 13.2 Å². The van der Waals surface area contributed by atoms with Gasteiger partial charge < -0.3 is 0 Å². The first kappa shape index (κ1) is 12.0. The molecule has 0 N–H and O–H groups in total. The molecule has 1 heterocycles. The van der Waals surface area contributed by atoms with Gasteiger partial charge in [-0.2, -0.15) is 13.2 Å². The van der Waals surface area contributed by atoms with Crippen LogP contribution in [0.5, 0.6) is 0 Å². The molecule has 1 aromatic rings. The fraction of sp³-hybridized carbons (Fsp3) is 0.545. The van der Waals surface area contributed by atoms with Crippen molar-refractivity contribution in [3.63, 3.8) is 0 Å². The van der Waals surface area contributed by atoms with Gasteiger partial charge in [0.1, 0.15) is 5.69 Å². The van der Waals surface area contributed by atoms with Gasteiger partial charge in [-0.05, 0) is 36.5 Å². The summed E-state index contributed by atoms with van der Waals surface area (Å²) in [5, 5.41) is 0. The molecule has 0 radical (unpaired) electrons. The van der Waals surface area contributed by atoms with Crippen LogP contribution in [0.15, 0.2) is 18.3 Å². The fourth-order valence-corrected chi connectivity index (χ4v) is 1.27. The van der Waals surface area contributed by atoms with Crippen molar-refractivity contribution in [1.82, 2.24) is 4.98 Å². The lowest BCUT2D eigenvalue weighted by Crippen LogP contribution is -2.07. The molecule has 2 rings (SSSR count). The van der Waals surface area contributed by atoms with Gasteiger partial charge in [-0.25, -0.2) is 0 Å². The Hall–Kier alpha value is -1.06. The maximum atomic E-state index is 12.2. The minimum absolute atomic E-state index is 0.337. The average Bonchev–Trinajstić information content (AvgIpc) is 3.03. The van der Waals surface area contributed by atoms with E-state index in [-0.39, 0.29) is 0 Å². The Bertz CT molecular complexity index is 316. The van der Waals surface area contributed by atoms with Crippen molar-refractivity contribution in [2.75, 3.05) is 0 Å². The zero-order chi connectivity index (χ0) is 11.5. The van der Waals surface area contributed by atoms with E-state index in [1.807, 2.05) is 13.8 Å². The monoisotopic (exact) mass is 217 g/mol. The van der Waals surface area contributed by atoms with E-state index in [1.54, 1.807) is 6.07 Å². The van der Waals surface area contributed by atoms with E-state index in [2.05, 4.69) is 4.98 Å². The van der Waals surface area contributed by atoms with Gasteiger partial charge in [0.25, 0.3) is 0 Å². The number of rotatable bonds is 1. The van der Waals surface area contributed by atoms with E-state index in [1.165, 1.54) is 6.20 Å². The maximum absolute atomic E-state index is 12.2. The summed E-state index contributed by atoms with van der Waals surface area (Å²) in [6.07, 6.45) is -1.08. The molecule has 0 saturated heterocycles. The van der Waals surface area contributed by atoms with Gasteiger partial charge in [0.2, 0.25) is 0 Å². The normalized spacial score (nSPS) is 15.5. The molecular formula is C11H14F3N. The van der Waals surface area contributed by atoms with Gasteiger partial charge in [-0.15, -0.1) is 0 Å². The van der Waals surface area contributed by atoms with Crippen LogP contribution in [-0.2, 0) is 6.18 Å².